The third-order valence-corrected chi connectivity index (χ3v) is 7.11. The summed E-state index contributed by atoms with van der Waals surface area (Å²) in [6.07, 6.45) is 0.594. The molecule has 1 aliphatic heterocycles. The van der Waals surface area contributed by atoms with Crippen LogP contribution in [-0.2, 0) is 18.1 Å². The molecule has 1 aromatic carbocycles. The zero-order chi connectivity index (χ0) is 24.1. The molecule has 1 aliphatic carbocycles. The molecular weight excluding hydrogens is 445 g/mol. The van der Waals surface area contributed by atoms with Crippen molar-refractivity contribution in [1.82, 2.24) is 19.4 Å². The molecule has 0 amide bonds. The number of nitrogens with one attached hydrogen (secondary N) is 1. The van der Waals surface area contributed by atoms with Gasteiger partial charge in [0.1, 0.15) is 0 Å². The Balaban J connectivity index is 1.22. The fourth-order valence-corrected chi connectivity index (χ4v) is 5.17. The quantitative estimate of drug-likeness (QED) is 0.598. The summed E-state index contributed by atoms with van der Waals surface area (Å²) >= 11 is 0. The van der Waals surface area contributed by atoms with Crippen LogP contribution in [0.25, 0.3) is 11.1 Å². The van der Waals surface area contributed by atoms with Gasteiger partial charge in [0.2, 0.25) is 0 Å². The molecule has 2 atom stereocenters. The Morgan fingerprint density at radius 3 is 2.56 bits per heavy atom. The first-order chi connectivity index (χ1) is 16.2. The van der Waals surface area contributed by atoms with E-state index >= 15 is 0 Å². The second kappa shape index (κ2) is 8.23. The van der Waals surface area contributed by atoms with Crippen molar-refractivity contribution < 1.29 is 13.2 Å². The van der Waals surface area contributed by atoms with E-state index in [4.69, 9.17) is 0 Å². The van der Waals surface area contributed by atoms with E-state index in [1.54, 1.807) is 30.6 Å². The molecule has 3 heterocycles. The van der Waals surface area contributed by atoms with Crippen molar-refractivity contribution in [3.05, 3.63) is 86.5 Å². The van der Waals surface area contributed by atoms with Gasteiger partial charge in [-0.3, -0.25) is 19.3 Å². The van der Waals surface area contributed by atoms with E-state index in [2.05, 4.69) is 14.9 Å². The predicted octanol–water partition coefficient (Wildman–Crippen LogP) is 3.59. The first kappa shape index (κ1) is 22.6. The minimum Gasteiger partial charge on any atom is -0.302 e. The van der Waals surface area contributed by atoms with Crippen molar-refractivity contribution in [3.8, 4) is 11.1 Å². The second-order valence-corrected chi connectivity index (χ2v) is 9.40. The molecule has 0 radical (unpaired) electrons. The summed E-state index contributed by atoms with van der Waals surface area (Å²) in [6, 6.07) is 9.20. The molecule has 34 heavy (non-hydrogen) atoms. The van der Waals surface area contributed by atoms with Crippen LogP contribution in [0.2, 0.25) is 0 Å². The van der Waals surface area contributed by atoms with Gasteiger partial charge in [0, 0.05) is 48.7 Å². The minimum absolute atomic E-state index is 0.0510. The number of piperidine rings is 1. The maximum absolute atomic E-state index is 12.9. The highest BCUT2D eigenvalue weighted by Crippen LogP contribution is 2.59. The topological polar surface area (TPSA) is 71.0 Å². The van der Waals surface area contributed by atoms with Gasteiger partial charge in [-0.05, 0) is 56.0 Å². The number of pyridine rings is 1. The second-order valence-electron chi connectivity index (χ2n) is 9.40. The Morgan fingerprint density at radius 2 is 1.88 bits per heavy atom. The first-order valence-corrected chi connectivity index (χ1v) is 11.3. The number of hydrogen-bond donors (Lipinski definition) is 1. The number of fused-ring (bicyclic) bond motifs is 1. The fraction of sp³-hybridized carbons (Fsp3) is 0.400. The molecule has 2 fully saturated rings. The van der Waals surface area contributed by atoms with Crippen molar-refractivity contribution in [1.29, 1.82) is 0 Å². The third kappa shape index (κ3) is 4.20. The van der Waals surface area contributed by atoms with E-state index in [-0.39, 0.29) is 5.41 Å². The molecule has 0 bridgehead atoms. The molecule has 5 rings (SSSR count). The van der Waals surface area contributed by atoms with Crippen LogP contribution in [0.4, 0.5) is 13.2 Å². The van der Waals surface area contributed by atoms with Gasteiger partial charge in [-0.1, -0.05) is 18.2 Å². The van der Waals surface area contributed by atoms with E-state index in [9.17, 15) is 22.8 Å². The van der Waals surface area contributed by atoms with Crippen molar-refractivity contribution in [2.45, 2.75) is 37.9 Å². The summed E-state index contributed by atoms with van der Waals surface area (Å²) in [7, 11) is 0. The van der Waals surface area contributed by atoms with E-state index in [0.717, 1.165) is 37.3 Å². The number of benzene rings is 1. The Labute approximate surface area is 194 Å². The smallest absolute Gasteiger partial charge is 0.302 e. The van der Waals surface area contributed by atoms with Crippen LogP contribution in [0.15, 0.2) is 58.4 Å². The highest BCUT2D eigenvalue weighted by molar-refractivity contribution is 5.60. The average Bonchev–Trinajstić information content (AvgIpc) is 3.37. The molecule has 2 aromatic heterocycles. The van der Waals surface area contributed by atoms with Crippen LogP contribution >= 0.6 is 0 Å². The molecule has 1 saturated heterocycles. The molecule has 0 unspecified atom stereocenters. The van der Waals surface area contributed by atoms with Crippen LogP contribution in [0, 0.1) is 12.8 Å². The number of nitrogens with zero attached hydrogens (tertiary/aromatic N) is 3. The van der Waals surface area contributed by atoms with Crippen molar-refractivity contribution in [2.75, 3.05) is 19.6 Å². The predicted molar refractivity (Wildman–Crippen MR) is 122 cm³/mol. The summed E-state index contributed by atoms with van der Waals surface area (Å²) in [6.45, 7) is 4.80. The maximum Gasteiger partial charge on any atom is 0.416 e. The molecular formula is C25H25F3N4O2. The van der Waals surface area contributed by atoms with Crippen LogP contribution in [0.3, 0.4) is 0 Å². The van der Waals surface area contributed by atoms with E-state index < -0.39 is 23.0 Å². The van der Waals surface area contributed by atoms with Crippen LogP contribution in [-0.4, -0.2) is 39.1 Å². The van der Waals surface area contributed by atoms with Gasteiger partial charge in [-0.15, -0.1) is 0 Å². The highest BCUT2D eigenvalue weighted by Gasteiger charge is 2.60. The summed E-state index contributed by atoms with van der Waals surface area (Å²) < 4.78 is 40.1. The number of aryl methyl sites for hydroxylation is 2. The monoisotopic (exact) mass is 470 g/mol. The van der Waals surface area contributed by atoms with Crippen molar-refractivity contribution in [3.63, 3.8) is 0 Å². The van der Waals surface area contributed by atoms with Gasteiger partial charge in [0.25, 0.3) is 5.56 Å². The van der Waals surface area contributed by atoms with E-state index in [0.29, 0.717) is 30.0 Å². The number of alkyl halides is 3. The average molecular weight is 470 g/mol. The largest absolute Gasteiger partial charge is 0.416 e. The Hall–Kier alpha value is -3.20. The fourth-order valence-electron chi connectivity index (χ4n) is 5.17. The normalized spacial score (nSPS) is 22.1. The third-order valence-electron chi connectivity index (χ3n) is 7.11. The Morgan fingerprint density at radius 1 is 1.12 bits per heavy atom. The van der Waals surface area contributed by atoms with E-state index in [1.807, 2.05) is 13.0 Å². The number of rotatable bonds is 6. The lowest BCUT2D eigenvalue weighted by molar-refractivity contribution is -0.137. The Bertz CT molecular complexity index is 1310. The number of halogens is 3. The van der Waals surface area contributed by atoms with E-state index in [1.165, 1.54) is 16.7 Å². The number of hydrogen-bond acceptors (Lipinski definition) is 4. The summed E-state index contributed by atoms with van der Waals surface area (Å²) in [5.41, 5.74) is 1.31. The number of likely N-dealkylation sites (tertiary alicyclic amines) is 1. The van der Waals surface area contributed by atoms with Gasteiger partial charge in [-0.25, -0.2) is 4.79 Å². The van der Waals surface area contributed by atoms with Crippen LogP contribution in [0.1, 0.15) is 29.7 Å². The lowest BCUT2D eigenvalue weighted by atomic mass is 9.94. The van der Waals surface area contributed by atoms with Crippen molar-refractivity contribution in [2.24, 2.45) is 5.92 Å². The summed E-state index contributed by atoms with van der Waals surface area (Å²) in [5.74, 6) is 0.459. The Kier molecular flexibility index (Phi) is 5.47. The van der Waals surface area contributed by atoms with Gasteiger partial charge >= 0.3 is 11.9 Å². The summed E-state index contributed by atoms with van der Waals surface area (Å²) in [5, 5.41) is 0. The van der Waals surface area contributed by atoms with Gasteiger partial charge in [0.05, 0.1) is 11.1 Å². The molecule has 2 aliphatic rings. The molecule has 1 N–H and O–H groups in total. The molecule has 6 nitrogen and oxygen atoms in total. The molecule has 1 saturated carbocycles. The number of aromatic nitrogens is 3. The lowest BCUT2D eigenvalue weighted by Gasteiger charge is -2.21. The lowest BCUT2D eigenvalue weighted by Crippen LogP contribution is -2.32. The van der Waals surface area contributed by atoms with Gasteiger partial charge < -0.3 is 4.90 Å². The van der Waals surface area contributed by atoms with Crippen molar-refractivity contribution >= 4 is 0 Å². The standard InChI is InChI=1S/C25H25F3N4O2/c1-16-3-4-17(12-29-16)21-14-32(23(34)30-22(21)33)10-2-9-31-13-20-11-24(20,15-31)18-5-7-19(8-6-18)25(26,27)28/h3-8,12,14,20H,2,9-11,13,15H2,1H3,(H,30,33,34)/t20-,24+/m0/s1. The first-order valence-electron chi connectivity index (χ1n) is 11.3. The SMILES string of the molecule is Cc1ccc(-c2cn(CCCN3C[C@@H]4C[C@]4(c4ccc(C(F)(F)F)cc4)C3)c(=O)[nH]c2=O)cn1. The number of H-pyrrole nitrogens is 1. The maximum atomic E-state index is 12.9. The number of aromatic amines is 1. The highest BCUT2D eigenvalue weighted by atomic mass is 19.4. The van der Waals surface area contributed by atoms with Crippen LogP contribution in [0.5, 0.6) is 0 Å². The minimum atomic E-state index is -4.32. The molecule has 178 valence electrons. The zero-order valence-electron chi connectivity index (χ0n) is 18.7. The molecule has 9 heteroatoms. The molecule has 0 spiro atoms. The summed E-state index contributed by atoms with van der Waals surface area (Å²) in [4.78, 5) is 33.5. The zero-order valence-corrected chi connectivity index (χ0v) is 18.7. The molecule has 3 aromatic rings. The van der Waals surface area contributed by atoms with Crippen LogP contribution < -0.4 is 11.2 Å². The van der Waals surface area contributed by atoms with Gasteiger partial charge in [-0.2, -0.15) is 13.2 Å². The van der Waals surface area contributed by atoms with Gasteiger partial charge in [0.15, 0.2) is 0 Å².